The summed E-state index contributed by atoms with van der Waals surface area (Å²) in [4.78, 5) is 8.99. The van der Waals surface area contributed by atoms with E-state index in [1.165, 1.54) is 19.3 Å². The molecule has 4 rings (SSSR count). The number of pyridine rings is 1. The average Bonchev–Trinajstić information content (AvgIpc) is 2.79. The number of hydrogen-bond donors (Lipinski definition) is 1. The molecular formula is C16H18N4S. The molecule has 0 saturated heterocycles. The summed E-state index contributed by atoms with van der Waals surface area (Å²) in [6.45, 7) is 0.935. The molecule has 4 nitrogen and oxygen atoms in total. The second kappa shape index (κ2) is 4.63. The maximum atomic E-state index is 6.20. The maximum Gasteiger partial charge on any atom is 0.201 e. The number of aromatic nitrogens is 3. The first-order valence-electron chi connectivity index (χ1n) is 7.27. The van der Waals surface area contributed by atoms with Crippen LogP contribution in [0, 0.1) is 0 Å². The molecule has 2 N–H and O–H groups in total. The standard InChI is InChI=1S/C16H18N4S/c1-21-16(7-4-8-16)10-20-14-11-5-2-3-6-12(11)18-9-13(14)19-15(20)17/h2-3,5-6,9H,4,7-8,10H2,1H3,(H2,17,19). The molecule has 1 aromatic carbocycles. The number of para-hydroxylation sites is 1. The number of thioether (sulfide) groups is 1. The normalized spacial score (nSPS) is 17.2. The highest BCUT2D eigenvalue weighted by Gasteiger charge is 2.37. The Labute approximate surface area is 127 Å². The van der Waals surface area contributed by atoms with Crippen LogP contribution in [0.2, 0.25) is 0 Å². The lowest BCUT2D eigenvalue weighted by molar-refractivity contribution is 0.326. The van der Waals surface area contributed by atoms with Crippen molar-refractivity contribution in [2.75, 3.05) is 12.0 Å². The van der Waals surface area contributed by atoms with E-state index in [2.05, 4.69) is 26.9 Å². The van der Waals surface area contributed by atoms with Crippen LogP contribution in [0.3, 0.4) is 0 Å². The molecule has 0 unspecified atom stereocenters. The van der Waals surface area contributed by atoms with Crippen LogP contribution >= 0.6 is 11.8 Å². The second-order valence-electron chi connectivity index (χ2n) is 5.81. The van der Waals surface area contributed by atoms with Crippen molar-refractivity contribution < 1.29 is 0 Å². The largest absolute Gasteiger partial charge is 0.369 e. The number of imidazole rings is 1. The molecule has 1 aliphatic carbocycles. The van der Waals surface area contributed by atoms with E-state index in [9.17, 15) is 0 Å². The van der Waals surface area contributed by atoms with Gasteiger partial charge in [0.1, 0.15) is 5.52 Å². The Hall–Kier alpha value is -1.75. The van der Waals surface area contributed by atoms with Gasteiger partial charge in [0.15, 0.2) is 0 Å². The number of nitrogen functional groups attached to an aromatic ring is 1. The van der Waals surface area contributed by atoms with Crippen molar-refractivity contribution in [3.63, 3.8) is 0 Å². The maximum absolute atomic E-state index is 6.20. The minimum atomic E-state index is 0.326. The number of rotatable bonds is 3. The van der Waals surface area contributed by atoms with Crippen molar-refractivity contribution in [2.24, 2.45) is 0 Å². The van der Waals surface area contributed by atoms with Crippen molar-refractivity contribution in [3.8, 4) is 0 Å². The molecule has 2 aromatic heterocycles. The van der Waals surface area contributed by atoms with E-state index in [-0.39, 0.29) is 0 Å². The number of anilines is 1. The third kappa shape index (κ3) is 1.91. The molecule has 108 valence electrons. The zero-order valence-corrected chi connectivity index (χ0v) is 12.9. The lowest BCUT2D eigenvalue weighted by Crippen LogP contribution is -2.38. The van der Waals surface area contributed by atoms with Crippen molar-refractivity contribution >= 4 is 39.6 Å². The molecule has 21 heavy (non-hydrogen) atoms. The number of hydrogen-bond acceptors (Lipinski definition) is 4. The predicted molar refractivity (Wildman–Crippen MR) is 89.5 cm³/mol. The van der Waals surface area contributed by atoms with Crippen LogP contribution in [0.25, 0.3) is 21.9 Å². The Morgan fingerprint density at radius 2 is 2.10 bits per heavy atom. The van der Waals surface area contributed by atoms with Crippen LogP contribution in [0.5, 0.6) is 0 Å². The van der Waals surface area contributed by atoms with Gasteiger partial charge in [-0.05, 0) is 25.2 Å². The second-order valence-corrected chi connectivity index (χ2v) is 7.08. The zero-order chi connectivity index (χ0) is 14.4. The Morgan fingerprint density at radius 1 is 1.29 bits per heavy atom. The summed E-state index contributed by atoms with van der Waals surface area (Å²) in [6, 6.07) is 8.20. The number of nitrogens with two attached hydrogens (primary N) is 1. The molecule has 0 radical (unpaired) electrons. The van der Waals surface area contributed by atoms with Gasteiger partial charge in [-0.1, -0.05) is 24.6 Å². The van der Waals surface area contributed by atoms with Crippen molar-refractivity contribution in [2.45, 2.75) is 30.6 Å². The molecule has 0 amide bonds. The number of benzene rings is 1. The first kappa shape index (κ1) is 13.0. The molecule has 1 saturated carbocycles. The van der Waals surface area contributed by atoms with Gasteiger partial charge >= 0.3 is 0 Å². The van der Waals surface area contributed by atoms with Gasteiger partial charge in [-0.3, -0.25) is 4.98 Å². The van der Waals surface area contributed by atoms with E-state index < -0.39 is 0 Å². The summed E-state index contributed by atoms with van der Waals surface area (Å²) < 4.78 is 2.52. The van der Waals surface area contributed by atoms with Gasteiger partial charge < -0.3 is 10.3 Å². The van der Waals surface area contributed by atoms with Crippen molar-refractivity contribution in [1.29, 1.82) is 0 Å². The fourth-order valence-electron chi connectivity index (χ4n) is 3.23. The van der Waals surface area contributed by atoms with E-state index >= 15 is 0 Å². The summed E-state index contributed by atoms with van der Waals surface area (Å²) in [5, 5.41) is 1.13. The molecule has 2 heterocycles. The van der Waals surface area contributed by atoms with Crippen LogP contribution in [0.15, 0.2) is 30.5 Å². The lowest BCUT2D eigenvalue weighted by Gasteiger charge is -2.41. The van der Waals surface area contributed by atoms with Crippen LogP contribution in [0.4, 0.5) is 5.95 Å². The minimum Gasteiger partial charge on any atom is -0.369 e. The highest BCUT2D eigenvalue weighted by Crippen LogP contribution is 2.45. The van der Waals surface area contributed by atoms with Crippen LogP contribution < -0.4 is 5.73 Å². The first-order valence-corrected chi connectivity index (χ1v) is 8.49. The first-order chi connectivity index (χ1) is 10.2. The molecule has 0 spiro atoms. The van der Waals surface area contributed by atoms with Gasteiger partial charge in [-0.2, -0.15) is 11.8 Å². The fraction of sp³-hybridized carbons (Fsp3) is 0.375. The topological polar surface area (TPSA) is 56.7 Å². The quantitative estimate of drug-likeness (QED) is 0.804. The predicted octanol–water partition coefficient (Wildman–Crippen LogP) is 3.45. The Balaban J connectivity index is 1.95. The number of nitrogens with zero attached hydrogens (tertiary/aromatic N) is 3. The van der Waals surface area contributed by atoms with Crippen molar-refractivity contribution in [1.82, 2.24) is 14.5 Å². The molecule has 0 aliphatic heterocycles. The summed E-state index contributed by atoms with van der Waals surface area (Å²) >= 11 is 1.96. The average molecular weight is 298 g/mol. The molecule has 0 bridgehead atoms. The lowest BCUT2D eigenvalue weighted by atomic mass is 9.84. The van der Waals surface area contributed by atoms with Gasteiger partial charge in [0.05, 0.1) is 17.2 Å². The van der Waals surface area contributed by atoms with E-state index in [1.807, 2.05) is 36.2 Å². The third-order valence-electron chi connectivity index (χ3n) is 4.65. The highest BCUT2D eigenvalue weighted by atomic mass is 32.2. The van der Waals surface area contributed by atoms with Crippen LogP contribution in [-0.2, 0) is 6.54 Å². The fourth-order valence-corrected chi connectivity index (χ4v) is 4.18. The molecule has 1 fully saturated rings. The minimum absolute atomic E-state index is 0.326. The van der Waals surface area contributed by atoms with Gasteiger partial charge in [0, 0.05) is 16.7 Å². The van der Waals surface area contributed by atoms with Gasteiger partial charge in [-0.15, -0.1) is 0 Å². The van der Waals surface area contributed by atoms with E-state index in [1.54, 1.807) is 0 Å². The SMILES string of the molecule is CSC1(Cn2c(N)nc3cnc4ccccc4c32)CCC1. The summed E-state index contributed by atoms with van der Waals surface area (Å²) in [6.07, 6.45) is 7.87. The Kier molecular flexibility index (Phi) is 2.85. The van der Waals surface area contributed by atoms with Gasteiger partial charge in [0.2, 0.25) is 5.95 Å². The number of fused-ring (bicyclic) bond motifs is 3. The summed E-state index contributed by atoms with van der Waals surface area (Å²) in [5.41, 5.74) is 9.21. The van der Waals surface area contributed by atoms with E-state index in [0.29, 0.717) is 10.7 Å². The molecule has 0 atom stereocenters. The van der Waals surface area contributed by atoms with Gasteiger partial charge in [-0.25, -0.2) is 4.98 Å². The summed E-state index contributed by atoms with van der Waals surface area (Å²) in [7, 11) is 0. The Morgan fingerprint density at radius 3 is 2.81 bits per heavy atom. The zero-order valence-electron chi connectivity index (χ0n) is 12.0. The monoisotopic (exact) mass is 298 g/mol. The van der Waals surface area contributed by atoms with Crippen molar-refractivity contribution in [3.05, 3.63) is 30.5 Å². The molecule has 5 heteroatoms. The van der Waals surface area contributed by atoms with E-state index in [0.717, 1.165) is 28.5 Å². The van der Waals surface area contributed by atoms with Gasteiger partial charge in [0.25, 0.3) is 0 Å². The molecular weight excluding hydrogens is 280 g/mol. The van der Waals surface area contributed by atoms with Crippen LogP contribution in [0.1, 0.15) is 19.3 Å². The van der Waals surface area contributed by atoms with E-state index in [4.69, 9.17) is 5.73 Å². The Bertz CT molecular complexity index is 814. The third-order valence-corrected chi connectivity index (χ3v) is 6.06. The smallest absolute Gasteiger partial charge is 0.201 e. The molecule has 1 aliphatic rings. The van der Waals surface area contributed by atoms with Crippen LogP contribution in [-0.4, -0.2) is 25.5 Å². The summed E-state index contributed by atoms with van der Waals surface area (Å²) in [5.74, 6) is 0.600. The molecule has 3 aromatic rings. The highest BCUT2D eigenvalue weighted by molar-refractivity contribution is 8.00.